The van der Waals surface area contributed by atoms with Gasteiger partial charge in [-0.1, -0.05) is 5.16 Å². The maximum atomic E-state index is 10.6. The average Bonchev–Trinajstić information content (AvgIpc) is 2.30. The van der Waals surface area contributed by atoms with Gasteiger partial charge in [0.2, 0.25) is 0 Å². The van der Waals surface area contributed by atoms with Crippen LogP contribution < -0.4 is 0 Å². The Kier molecular flexibility index (Phi) is 2.11. The van der Waals surface area contributed by atoms with Crippen LogP contribution in [0.3, 0.4) is 0 Å². The number of ether oxygens (including phenoxy) is 1. The van der Waals surface area contributed by atoms with Gasteiger partial charge < -0.3 is 9.94 Å². The largest absolute Gasteiger partial charge is 0.456 e. The summed E-state index contributed by atoms with van der Waals surface area (Å²) in [7, 11) is 0. The number of hydrogen-bond acceptors (Lipinski definition) is 4. The van der Waals surface area contributed by atoms with Gasteiger partial charge >= 0.3 is 5.97 Å². The Labute approximate surface area is 62.4 Å². The Hall–Kier alpha value is -0.770. The number of halogens is 1. The van der Waals surface area contributed by atoms with Crippen LogP contribution in [0, 0.1) is 0 Å². The van der Waals surface area contributed by atoms with E-state index in [1.54, 1.807) is 0 Å². The number of carbonyl (C=O) groups excluding carboxylic acids is 1. The summed E-state index contributed by atoms with van der Waals surface area (Å²) in [6.45, 7) is 0. The first kappa shape index (κ1) is 7.34. The Bertz CT molecular complexity index is 180. The maximum Gasteiger partial charge on any atom is 0.356 e. The molecule has 1 heterocycles. The highest BCUT2D eigenvalue weighted by atomic mass is 35.5. The third-order valence-corrected chi connectivity index (χ3v) is 1.57. The molecule has 1 aliphatic heterocycles. The molecule has 0 aliphatic carbocycles. The van der Waals surface area contributed by atoms with Crippen molar-refractivity contribution in [3.05, 3.63) is 0 Å². The first-order chi connectivity index (χ1) is 4.77. The Morgan fingerprint density at radius 3 is 2.90 bits per heavy atom. The van der Waals surface area contributed by atoms with Crippen molar-refractivity contribution in [3.63, 3.8) is 0 Å². The van der Waals surface area contributed by atoms with Crippen LogP contribution in [0.15, 0.2) is 5.16 Å². The molecule has 1 unspecified atom stereocenters. The maximum absolute atomic E-state index is 10.6. The zero-order valence-electron chi connectivity index (χ0n) is 5.08. The molecule has 4 nitrogen and oxygen atoms in total. The van der Waals surface area contributed by atoms with Gasteiger partial charge in [-0.2, -0.15) is 0 Å². The van der Waals surface area contributed by atoms with Crippen LogP contribution in [0.25, 0.3) is 0 Å². The Morgan fingerprint density at radius 2 is 2.60 bits per heavy atom. The van der Waals surface area contributed by atoms with E-state index in [0.29, 0.717) is 6.42 Å². The van der Waals surface area contributed by atoms with Gasteiger partial charge in [0.25, 0.3) is 0 Å². The fourth-order valence-corrected chi connectivity index (χ4v) is 0.900. The molecule has 5 heteroatoms. The zero-order valence-corrected chi connectivity index (χ0v) is 5.84. The summed E-state index contributed by atoms with van der Waals surface area (Å²) in [5.41, 5.74) is 0.0469. The molecule has 56 valence electrons. The Morgan fingerprint density at radius 1 is 1.90 bits per heavy atom. The first-order valence-corrected chi connectivity index (χ1v) is 3.29. The molecule has 10 heavy (non-hydrogen) atoms. The van der Waals surface area contributed by atoms with Crippen LogP contribution in [0.2, 0.25) is 0 Å². The SMILES string of the molecule is O=C1OC(CCl)C/C1=N/O. The van der Waals surface area contributed by atoms with E-state index in [2.05, 4.69) is 9.89 Å². The third kappa shape index (κ3) is 1.21. The lowest BCUT2D eigenvalue weighted by atomic mass is 10.2. The number of carbonyl (C=O) groups is 1. The lowest BCUT2D eigenvalue weighted by Crippen LogP contribution is -2.07. The zero-order chi connectivity index (χ0) is 7.56. The third-order valence-electron chi connectivity index (χ3n) is 1.22. The molecule has 1 aliphatic rings. The van der Waals surface area contributed by atoms with Gasteiger partial charge in [-0.15, -0.1) is 11.6 Å². The minimum absolute atomic E-state index is 0.0469. The number of oxime groups is 1. The first-order valence-electron chi connectivity index (χ1n) is 2.75. The van der Waals surface area contributed by atoms with Gasteiger partial charge in [0.15, 0.2) is 5.71 Å². The Balaban J connectivity index is 2.61. The van der Waals surface area contributed by atoms with E-state index in [9.17, 15) is 4.79 Å². The van der Waals surface area contributed by atoms with Gasteiger partial charge in [0.1, 0.15) is 6.10 Å². The van der Waals surface area contributed by atoms with Gasteiger partial charge in [-0.25, -0.2) is 4.79 Å². The minimum Gasteiger partial charge on any atom is -0.456 e. The van der Waals surface area contributed by atoms with Crippen LogP contribution in [-0.2, 0) is 9.53 Å². The van der Waals surface area contributed by atoms with E-state index < -0.39 is 5.97 Å². The summed E-state index contributed by atoms with van der Waals surface area (Å²) >= 11 is 5.38. The number of cyclic esters (lactones) is 1. The standard InChI is InChI=1S/C5H6ClNO3/c6-2-3-1-4(7-9)5(8)10-3/h3,9H,1-2H2/b7-4-. The molecule has 1 N–H and O–H groups in total. The fourth-order valence-electron chi connectivity index (χ4n) is 0.728. The summed E-state index contributed by atoms with van der Waals surface area (Å²) < 4.78 is 4.65. The molecule has 1 atom stereocenters. The second-order valence-electron chi connectivity index (χ2n) is 1.93. The van der Waals surface area contributed by atoms with Crippen molar-refractivity contribution in [3.8, 4) is 0 Å². The van der Waals surface area contributed by atoms with E-state index in [1.165, 1.54) is 0 Å². The normalized spacial score (nSPS) is 29.1. The number of hydrogen-bond donors (Lipinski definition) is 1. The molecule has 0 aromatic carbocycles. The quantitative estimate of drug-likeness (QED) is 0.263. The number of rotatable bonds is 1. The molecule has 0 radical (unpaired) electrons. The highest BCUT2D eigenvalue weighted by Gasteiger charge is 2.30. The van der Waals surface area contributed by atoms with Crippen molar-refractivity contribution in [2.45, 2.75) is 12.5 Å². The predicted molar refractivity (Wildman–Crippen MR) is 34.4 cm³/mol. The van der Waals surface area contributed by atoms with Crippen LogP contribution in [0.1, 0.15) is 6.42 Å². The summed E-state index contributed by atoms with van der Waals surface area (Å²) in [6.07, 6.45) is -0.0150. The van der Waals surface area contributed by atoms with Gasteiger partial charge in [0.05, 0.1) is 5.88 Å². The topological polar surface area (TPSA) is 58.9 Å². The van der Waals surface area contributed by atoms with Crippen molar-refractivity contribution in [2.24, 2.45) is 5.16 Å². The number of nitrogens with zero attached hydrogens (tertiary/aromatic N) is 1. The summed E-state index contributed by atoms with van der Waals surface area (Å²) in [5, 5.41) is 10.9. The molecule has 1 saturated heterocycles. The molecule has 0 saturated carbocycles. The molecular weight excluding hydrogens is 158 g/mol. The molecule has 0 spiro atoms. The van der Waals surface area contributed by atoms with E-state index in [-0.39, 0.29) is 17.7 Å². The number of esters is 1. The monoisotopic (exact) mass is 163 g/mol. The molecule has 0 aromatic heterocycles. The van der Waals surface area contributed by atoms with E-state index in [1.807, 2.05) is 0 Å². The minimum atomic E-state index is -0.576. The predicted octanol–water partition coefficient (Wildman–Crippen LogP) is 0.371. The molecule has 0 bridgehead atoms. The smallest absolute Gasteiger partial charge is 0.356 e. The summed E-state index contributed by atoms with van der Waals surface area (Å²) in [5.74, 6) is -0.335. The molecule has 0 aromatic rings. The lowest BCUT2D eigenvalue weighted by Gasteiger charge is -1.99. The molecule has 0 amide bonds. The number of alkyl halides is 1. The van der Waals surface area contributed by atoms with Crippen LogP contribution in [-0.4, -0.2) is 28.9 Å². The average molecular weight is 164 g/mol. The van der Waals surface area contributed by atoms with Crippen molar-refractivity contribution in [1.82, 2.24) is 0 Å². The van der Waals surface area contributed by atoms with E-state index in [0.717, 1.165) is 0 Å². The van der Waals surface area contributed by atoms with Crippen molar-refractivity contribution in [1.29, 1.82) is 0 Å². The second kappa shape index (κ2) is 2.88. The van der Waals surface area contributed by atoms with Crippen molar-refractivity contribution in [2.75, 3.05) is 5.88 Å². The van der Waals surface area contributed by atoms with Crippen LogP contribution in [0.4, 0.5) is 0 Å². The van der Waals surface area contributed by atoms with Crippen molar-refractivity contribution >= 4 is 23.3 Å². The van der Waals surface area contributed by atoms with E-state index >= 15 is 0 Å². The van der Waals surface area contributed by atoms with Gasteiger partial charge in [0, 0.05) is 6.42 Å². The highest BCUT2D eigenvalue weighted by Crippen LogP contribution is 2.12. The van der Waals surface area contributed by atoms with Crippen molar-refractivity contribution < 1.29 is 14.7 Å². The lowest BCUT2D eigenvalue weighted by molar-refractivity contribution is -0.136. The van der Waals surface area contributed by atoms with E-state index in [4.69, 9.17) is 16.8 Å². The molecule has 1 rings (SSSR count). The van der Waals surface area contributed by atoms with Gasteiger partial charge in [-0.05, 0) is 0 Å². The summed E-state index contributed by atoms with van der Waals surface area (Å²) in [4.78, 5) is 10.6. The van der Waals surface area contributed by atoms with Crippen LogP contribution in [0.5, 0.6) is 0 Å². The summed E-state index contributed by atoms with van der Waals surface area (Å²) in [6, 6.07) is 0. The highest BCUT2D eigenvalue weighted by molar-refractivity contribution is 6.38. The second-order valence-corrected chi connectivity index (χ2v) is 2.24. The molecule has 1 fully saturated rings. The molecular formula is C5H6ClNO3. The fraction of sp³-hybridized carbons (Fsp3) is 0.600. The van der Waals surface area contributed by atoms with Crippen LogP contribution >= 0.6 is 11.6 Å². The van der Waals surface area contributed by atoms with Gasteiger partial charge in [-0.3, -0.25) is 0 Å².